The number of nitrogens with zero attached hydrogens (tertiary/aromatic N) is 4. The van der Waals surface area contributed by atoms with E-state index in [1.165, 1.54) is 12.8 Å². The molecule has 1 fully saturated rings. The number of rotatable bonds is 1. The highest BCUT2D eigenvalue weighted by molar-refractivity contribution is 5.84. The van der Waals surface area contributed by atoms with Gasteiger partial charge in [0.25, 0.3) is 0 Å². The molecule has 0 aromatic carbocycles. The van der Waals surface area contributed by atoms with E-state index in [1.54, 1.807) is 6.33 Å². The molecule has 0 bridgehead atoms. The molecule has 0 saturated carbocycles. The van der Waals surface area contributed by atoms with Crippen LogP contribution >= 0.6 is 0 Å². The Bertz CT molecular complexity index is 534. The number of anilines is 2. The highest BCUT2D eigenvalue weighted by atomic mass is 15.2. The molecule has 2 aromatic heterocycles. The second-order valence-corrected chi connectivity index (χ2v) is 4.70. The molecule has 0 amide bonds. The molecule has 1 saturated heterocycles. The molecule has 1 aliphatic heterocycles. The third-order valence-corrected chi connectivity index (χ3v) is 3.24. The molecule has 3 N–H and O–H groups in total. The van der Waals surface area contributed by atoms with Gasteiger partial charge in [-0.3, -0.25) is 0 Å². The normalized spacial score (nSPS) is 21.0. The van der Waals surface area contributed by atoms with Crippen LogP contribution in [0.3, 0.4) is 0 Å². The number of piperidine rings is 1. The van der Waals surface area contributed by atoms with Crippen molar-refractivity contribution in [3.05, 3.63) is 6.33 Å². The van der Waals surface area contributed by atoms with Crippen LogP contribution in [0.1, 0.15) is 19.8 Å². The van der Waals surface area contributed by atoms with Crippen molar-refractivity contribution in [3.63, 3.8) is 0 Å². The van der Waals surface area contributed by atoms with Gasteiger partial charge >= 0.3 is 0 Å². The van der Waals surface area contributed by atoms with Gasteiger partial charge in [0.05, 0.1) is 6.33 Å². The number of nitrogens with one attached hydrogen (secondary N) is 1. The van der Waals surface area contributed by atoms with E-state index >= 15 is 0 Å². The van der Waals surface area contributed by atoms with Crippen LogP contribution < -0.4 is 10.6 Å². The van der Waals surface area contributed by atoms with Crippen LogP contribution in [0.4, 0.5) is 11.8 Å². The molecule has 17 heavy (non-hydrogen) atoms. The number of hydrogen-bond donors (Lipinski definition) is 2. The highest BCUT2D eigenvalue weighted by Crippen LogP contribution is 2.26. The van der Waals surface area contributed by atoms with Gasteiger partial charge in [0.15, 0.2) is 11.5 Å². The number of nitrogen functional groups attached to an aromatic ring is 1. The molecule has 0 aliphatic carbocycles. The summed E-state index contributed by atoms with van der Waals surface area (Å²) in [5.74, 6) is 1.87. The Morgan fingerprint density at radius 3 is 3.18 bits per heavy atom. The van der Waals surface area contributed by atoms with E-state index in [0.29, 0.717) is 11.6 Å². The van der Waals surface area contributed by atoms with Crippen LogP contribution in [0.5, 0.6) is 0 Å². The zero-order chi connectivity index (χ0) is 11.8. The van der Waals surface area contributed by atoms with Gasteiger partial charge in [-0.2, -0.15) is 9.97 Å². The van der Waals surface area contributed by atoms with E-state index in [0.717, 1.165) is 24.4 Å². The van der Waals surface area contributed by atoms with Crippen LogP contribution in [0.2, 0.25) is 0 Å². The molecular weight excluding hydrogens is 216 g/mol. The first-order valence-corrected chi connectivity index (χ1v) is 5.95. The Labute approximate surface area is 99.3 Å². The summed E-state index contributed by atoms with van der Waals surface area (Å²) in [5.41, 5.74) is 7.25. The summed E-state index contributed by atoms with van der Waals surface area (Å²) < 4.78 is 0. The monoisotopic (exact) mass is 232 g/mol. The summed E-state index contributed by atoms with van der Waals surface area (Å²) in [5, 5.41) is 0. The van der Waals surface area contributed by atoms with Crippen LogP contribution in [0.15, 0.2) is 6.33 Å². The molecule has 2 aromatic rings. The fraction of sp³-hybridized carbons (Fsp3) is 0.545. The van der Waals surface area contributed by atoms with Gasteiger partial charge in [0.2, 0.25) is 5.95 Å². The second kappa shape index (κ2) is 3.87. The second-order valence-electron chi connectivity index (χ2n) is 4.70. The van der Waals surface area contributed by atoms with Crippen LogP contribution in [0, 0.1) is 5.92 Å². The minimum Gasteiger partial charge on any atom is -0.368 e. The zero-order valence-corrected chi connectivity index (χ0v) is 9.85. The lowest BCUT2D eigenvalue weighted by molar-refractivity contribution is 0.445. The third kappa shape index (κ3) is 1.79. The molecular formula is C11H16N6. The van der Waals surface area contributed by atoms with Crippen molar-refractivity contribution in [1.29, 1.82) is 0 Å². The summed E-state index contributed by atoms with van der Waals surface area (Å²) in [4.78, 5) is 18.0. The lowest BCUT2D eigenvalue weighted by Gasteiger charge is -2.31. The molecule has 1 atom stereocenters. The molecule has 1 unspecified atom stereocenters. The molecule has 0 spiro atoms. The molecule has 3 heterocycles. The van der Waals surface area contributed by atoms with E-state index in [1.807, 2.05) is 0 Å². The van der Waals surface area contributed by atoms with Crippen molar-refractivity contribution in [3.8, 4) is 0 Å². The fourth-order valence-corrected chi connectivity index (χ4v) is 2.44. The smallest absolute Gasteiger partial charge is 0.224 e. The number of nitrogens with two attached hydrogens (primary N) is 1. The topological polar surface area (TPSA) is 83.7 Å². The maximum atomic E-state index is 5.72. The van der Waals surface area contributed by atoms with Crippen LogP contribution in [-0.4, -0.2) is 33.0 Å². The van der Waals surface area contributed by atoms with Gasteiger partial charge in [-0.15, -0.1) is 0 Å². The number of imidazole rings is 1. The van der Waals surface area contributed by atoms with Crippen LogP contribution in [-0.2, 0) is 0 Å². The number of hydrogen-bond acceptors (Lipinski definition) is 5. The Balaban J connectivity index is 2.06. The van der Waals surface area contributed by atoms with Gasteiger partial charge in [-0.25, -0.2) is 4.98 Å². The van der Waals surface area contributed by atoms with Crippen molar-refractivity contribution in [2.24, 2.45) is 5.92 Å². The van der Waals surface area contributed by atoms with Crippen molar-refractivity contribution in [1.82, 2.24) is 19.9 Å². The number of aromatic nitrogens is 4. The minimum absolute atomic E-state index is 0.290. The van der Waals surface area contributed by atoms with Gasteiger partial charge in [0, 0.05) is 13.1 Å². The maximum absolute atomic E-state index is 5.72. The summed E-state index contributed by atoms with van der Waals surface area (Å²) in [6, 6.07) is 0. The average molecular weight is 232 g/mol. The Hall–Kier alpha value is -1.85. The molecule has 6 heteroatoms. The van der Waals surface area contributed by atoms with Gasteiger partial charge < -0.3 is 15.6 Å². The lowest BCUT2D eigenvalue weighted by Crippen LogP contribution is -2.35. The number of aromatic amines is 1. The first-order valence-electron chi connectivity index (χ1n) is 5.95. The van der Waals surface area contributed by atoms with Crippen molar-refractivity contribution >= 4 is 22.9 Å². The van der Waals surface area contributed by atoms with Gasteiger partial charge in [-0.1, -0.05) is 6.92 Å². The van der Waals surface area contributed by atoms with Crippen molar-refractivity contribution in [2.75, 3.05) is 23.7 Å². The molecule has 0 radical (unpaired) electrons. The summed E-state index contributed by atoms with van der Waals surface area (Å²) in [6.07, 6.45) is 4.11. The lowest BCUT2D eigenvalue weighted by atomic mass is 10.0. The first kappa shape index (κ1) is 10.3. The maximum Gasteiger partial charge on any atom is 0.224 e. The third-order valence-electron chi connectivity index (χ3n) is 3.24. The fourth-order valence-electron chi connectivity index (χ4n) is 2.44. The summed E-state index contributed by atoms with van der Waals surface area (Å²) in [6.45, 7) is 4.31. The predicted molar refractivity (Wildman–Crippen MR) is 66.7 cm³/mol. The van der Waals surface area contributed by atoms with Crippen molar-refractivity contribution < 1.29 is 0 Å². The SMILES string of the molecule is CC1CCCN(c2nc(N)nc3nc[nH]c23)C1. The Kier molecular flexibility index (Phi) is 2.35. The molecule has 90 valence electrons. The molecule has 6 nitrogen and oxygen atoms in total. The summed E-state index contributed by atoms with van der Waals surface area (Å²) >= 11 is 0. The van der Waals surface area contributed by atoms with E-state index < -0.39 is 0 Å². The van der Waals surface area contributed by atoms with E-state index in [-0.39, 0.29) is 5.95 Å². The Morgan fingerprint density at radius 2 is 2.35 bits per heavy atom. The summed E-state index contributed by atoms with van der Waals surface area (Å²) in [7, 11) is 0. The van der Waals surface area contributed by atoms with Gasteiger partial charge in [-0.05, 0) is 18.8 Å². The number of H-pyrrole nitrogens is 1. The Morgan fingerprint density at radius 1 is 1.47 bits per heavy atom. The number of fused-ring (bicyclic) bond motifs is 1. The predicted octanol–water partition coefficient (Wildman–Crippen LogP) is 1.17. The standard InChI is InChI=1S/C11H16N6/c1-7-3-2-4-17(5-7)10-8-9(14-6-13-8)15-11(12)16-10/h6-7H,2-5H2,1H3,(H3,12,13,14,15,16). The van der Waals surface area contributed by atoms with Crippen LogP contribution in [0.25, 0.3) is 11.2 Å². The zero-order valence-electron chi connectivity index (χ0n) is 9.85. The largest absolute Gasteiger partial charge is 0.368 e. The average Bonchev–Trinajstić information content (AvgIpc) is 2.75. The van der Waals surface area contributed by atoms with Gasteiger partial charge in [0.1, 0.15) is 5.52 Å². The van der Waals surface area contributed by atoms with E-state index in [4.69, 9.17) is 5.73 Å². The molecule has 1 aliphatic rings. The highest BCUT2D eigenvalue weighted by Gasteiger charge is 2.21. The first-order chi connectivity index (χ1) is 8.24. The quantitative estimate of drug-likeness (QED) is 0.771. The minimum atomic E-state index is 0.290. The van der Waals surface area contributed by atoms with Crippen molar-refractivity contribution in [2.45, 2.75) is 19.8 Å². The van der Waals surface area contributed by atoms with E-state index in [9.17, 15) is 0 Å². The molecule has 3 rings (SSSR count). The van der Waals surface area contributed by atoms with E-state index in [2.05, 4.69) is 31.8 Å².